The number of aromatic nitrogens is 3. The van der Waals surface area contributed by atoms with Crippen LogP contribution in [0, 0.1) is 13.8 Å². The lowest BCUT2D eigenvalue weighted by Crippen LogP contribution is -2.31. The van der Waals surface area contributed by atoms with Crippen molar-refractivity contribution in [2.45, 2.75) is 20.4 Å². The Labute approximate surface area is 127 Å². The van der Waals surface area contributed by atoms with Crippen molar-refractivity contribution in [2.75, 3.05) is 12.4 Å². The molecule has 3 aromatic heterocycles. The van der Waals surface area contributed by atoms with Gasteiger partial charge in [-0.15, -0.1) is 0 Å². The van der Waals surface area contributed by atoms with E-state index in [1.807, 2.05) is 26.0 Å². The molecule has 2 amide bonds. The van der Waals surface area contributed by atoms with Gasteiger partial charge in [-0.3, -0.25) is 5.32 Å². The van der Waals surface area contributed by atoms with E-state index in [4.69, 9.17) is 4.42 Å². The zero-order valence-corrected chi connectivity index (χ0v) is 12.7. The highest BCUT2D eigenvalue weighted by atomic mass is 16.3. The molecular formula is C15H17N5O2. The van der Waals surface area contributed by atoms with Gasteiger partial charge in [-0.1, -0.05) is 0 Å². The average Bonchev–Trinajstić information content (AvgIpc) is 3.05. The summed E-state index contributed by atoms with van der Waals surface area (Å²) >= 11 is 0. The maximum absolute atomic E-state index is 12.3. The standard InChI is InChI=1S/C15H17N5O2/c1-10-8-14-16-6-4-13(20(14)18-10)17-15(21)19(3)9-12-5-7-22-11(12)2/h4-8H,9H2,1-3H3,(H,17,21). The highest BCUT2D eigenvalue weighted by Crippen LogP contribution is 2.14. The van der Waals surface area contributed by atoms with Crippen molar-refractivity contribution in [1.29, 1.82) is 0 Å². The summed E-state index contributed by atoms with van der Waals surface area (Å²) in [4.78, 5) is 18.1. The van der Waals surface area contributed by atoms with Crippen molar-refractivity contribution in [2.24, 2.45) is 0 Å². The maximum atomic E-state index is 12.3. The summed E-state index contributed by atoms with van der Waals surface area (Å²) in [6, 6.07) is 5.21. The molecule has 1 N–H and O–H groups in total. The van der Waals surface area contributed by atoms with E-state index in [0.717, 1.165) is 17.0 Å². The van der Waals surface area contributed by atoms with E-state index < -0.39 is 0 Å². The predicted octanol–water partition coefficient (Wildman–Crippen LogP) is 2.60. The van der Waals surface area contributed by atoms with E-state index in [2.05, 4.69) is 15.4 Å². The van der Waals surface area contributed by atoms with Crippen molar-refractivity contribution in [3.05, 3.63) is 47.7 Å². The van der Waals surface area contributed by atoms with Gasteiger partial charge in [0.05, 0.1) is 18.5 Å². The summed E-state index contributed by atoms with van der Waals surface area (Å²) in [5.74, 6) is 1.40. The highest BCUT2D eigenvalue weighted by Gasteiger charge is 2.14. The van der Waals surface area contributed by atoms with E-state index in [1.165, 1.54) is 0 Å². The van der Waals surface area contributed by atoms with Gasteiger partial charge in [-0.2, -0.15) is 9.61 Å². The third kappa shape index (κ3) is 2.65. The van der Waals surface area contributed by atoms with Crippen molar-refractivity contribution in [3.63, 3.8) is 0 Å². The summed E-state index contributed by atoms with van der Waals surface area (Å²) in [6.45, 7) is 4.23. The van der Waals surface area contributed by atoms with Gasteiger partial charge in [0.2, 0.25) is 0 Å². The number of carbonyl (C=O) groups excluding carboxylic acids is 1. The van der Waals surface area contributed by atoms with Crippen LogP contribution in [0.1, 0.15) is 17.0 Å². The Balaban J connectivity index is 1.76. The largest absolute Gasteiger partial charge is 0.469 e. The summed E-state index contributed by atoms with van der Waals surface area (Å²) in [5, 5.41) is 7.17. The second-order valence-corrected chi connectivity index (χ2v) is 5.17. The van der Waals surface area contributed by atoms with Gasteiger partial charge in [0, 0.05) is 24.9 Å². The quantitative estimate of drug-likeness (QED) is 0.806. The fourth-order valence-electron chi connectivity index (χ4n) is 2.21. The van der Waals surface area contributed by atoms with Gasteiger partial charge in [-0.05, 0) is 26.0 Å². The second-order valence-electron chi connectivity index (χ2n) is 5.17. The molecule has 0 unspecified atom stereocenters. The van der Waals surface area contributed by atoms with Crippen LogP contribution in [0.5, 0.6) is 0 Å². The van der Waals surface area contributed by atoms with Gasteiger partial charge >= 0.3 is 6.03 Å². The van der Waals surface area contributed by atoms with Crippen LogP contribution in [-0.4, -0.2) is 32.6 Å². The van der Waals surface area contributed by atoms with E-state index in [0.29, 0.717) is 18.0 Å². The number of furan rings is 1. The molecule has 0 aromatic carbocycles. The van der Waals surface area contributed by atoms with Crippen LogP contribution in [-0.2, 0) is 6.54 Å². The molecule has 3 aromatic rings. The molecule has 0 saturated carbocycles. The predicted molar refractivity (Wildman–Crippen MR) is 81.7 cm³/mol. The fourth-order valence-corrected chi connectivity index (χ4v) is 2.21. The summed E-state index contributed by atoms with van der Waals surface area (Å²) in [6.07, 6.45) is 3.27. The highest BCUT2D eigenvalue weighted by molar-refractivity contribution is 5.88. The Bertz CT molecular complexity index is 820. The molecule has 0 aliphatic heterocycles. The molecular weight excluding hydrogens is 282 g/mol. The Morgan fingerprint density at radius 3 is 2.95 bits per heavy atom. The zero-order chi connectivity index (χ0) is 15.7. The lowest BCUT2D eigenvalue weighted by molar-refractivity contribution is 0.220. The molecule has 0 aliphatic carbocycles. The normalized spacial score (nSPS) is 10.9. The third-order valence-electron chi connectivity index (χ3n) is 3.44. The lowest BCUT2D eigenvalue weighted by Gasteiger charge is -2.17. The number of fused-ring (bicyclic) bond motifs is 1. The fraction of sp³-hybridized carbons (Fsp3) is 0.267. The Kier molecular flexibility index (Phi) is 3.54. The molecule has 0 radical (unpaired) electrons. The van der Waals surface area contributed by atoms with Crippen molar-refractivity contribution < 1.29 is 9.21 Å². The SMILES string of the molecule is Cc1cc2nccc(NC(=O)N(C)Cc3ccoc3C)n2n1. The van der Waals surface area contributed by atoms with E-state index in [9.17, 15) is 4.79 Å². The monoisotopic (exact) mass is 299 g/mol. The summed E-state index contributed by atoms with van der Waals surface area (Å²) in [7, 11) is 1.73. The number of anilines is 1. The van der Waals surface area contributed by atoms with Crippen LogP contribution < -0.4 is 5.32 Å². The van der Waals surface area contributed by atoms with E-state index in [-0.39, 0.29) is 6.03 Å². The first-order valence-electron chi connectivity index (χ1n) is 6.91. The minimum Gasteiger partial charge on any atom is -0.469 e. The molecule has 0 spiro atoms. The smallest absolute Gasteiger partial charge is 0.323 e. The first kappa shape index (κ1) is 14.1. The Morgan fingerprint density at radius 2 is 2.23 bits per heavy atom. The van der Waals surface area contributed by atoms with Crippen LogP contribution in [0.3, 0.4) is 0 Å². The van der Waals surface area contributed by atoms with Gasteiger partial charge in [-0.25, -0.2) is 9.78 Å². The number of hydrogen-bond donors (Lipinski definition) is 1. The van der Waals surface area contributed by atoms with E-state index in [1.54, 1.807) is 35.0 Å². The maximum Gasteiger partial charge on any atom is 0.323 e. The van der Waals surface area contributed by atoms with Crippen LogP contribution in [0.25, 0.3) is 5.65 Å². The van der Waals surface area contributed by atoms with Crippen LogP contribution in [0.2, 0.25) is 0 Å². The molecule has 0 atom stereocenters. The number of rotatable bonds is 3. The van der Waals surface area contributed by atoms with Crippen LogP contribution >= 0.6 is 0 Å². The topological polar surface area (TPSA) is 75.7 Å². The molecule has 0 fully saturated rings. The number of urea groups is 1. The number of nitrogens with one attached hydrogen (secondary N) is 1. The minimum absolute atomic E-state index is 0.221. The Morgan fingerprint density at radius 1 is 1.41 bits per heavy atom. The zero-order valence-electron chi connectivity index (χ0n) is 12.7. The summed E-state index contributed by atoms with van der Waals surface area (Å²) in [5.41, 5.74) is 2.52. The molecule has 0 saturated heterocycles. The molecule has 0 bridgehead atoms. The first-order valence-corrected chi connectivity index (χ1v) is 6.91. The van der Waals surface area contributed by atoms with Gasteiger partial charge in [0.25, 0.3) is 0 Å². The van der Waals surface area contributed by atoms with Crippen LogP contribution in [0.15, 0.2) is 35.1 Å². The van der Waals surface area contributed by atoms with Crippen molar-refractivity contribution >= 4 is 17.5 Å². The molecule has 3 heterocycles. The second kappa shape index (κ2) is 5.51. The number of aryl methyl sites for hydroxylation is 2. The first-order chi connectivity index (χ1) is 10.5. The Hall–Kier alpha value is -2.83. The molecule has 0 aliphatic rings. The van der Waals surface area contributed by atoms with Gasteiger partial charge in [0.15, 0.2) is 5.65 Å². The van der Waals surface area contributed by atoms with Crippen molar-refractivity contribution in [1.82, 2.24) is 19.5 Å². The van der Waals surface area contributed by atoms with Gasteiger partial charge < -0.3 is 9.32 Å². The number of amides is 2. The van der Waals surface area contributed by atoms with Gasteiger partial charge in [0.1, 0.15) is 11.6 Å². The average molecular weight is 299 g/mol. The van der Waals surface area contributed by atoms with Crippen LogP contribution in [0.4, 0.5) is 10.6 Å². The van der Waals surface area contributed by atoms with Crippen molar-refractivity contribution in [3.8, 4) is 0 Å². The van der Waals surface area contributed by atoms with E-state index >= 15 is 0 Å². The molecule has 114 valence electrons. The molecule has 7 nitrogen and oxygen atoms in total. The summed E-state index contributed by atoms with van der Waals surface area (Å²) < 4.78 is 6.86. The molecule has 22 heavy (non-hydrogen) atoms. The lowest BCUT2D eigenvalue weighted by atomic mass is 10.2. The molecule has 7 heteroatoms. The number of hydrogen-bond acceptors (Lipinski definition) is 4. The number of carbonyl (C=O) groups is 1. The number of nitrogens with zero attached hydrogens (tertiary/aromatic N) is 4. The minimum atomic E-state index is -0.221. The molecule has 3 rings (SSSR count). The third-order valence-corrected chi connectivity index (χ3v) is 3.44.